The average Bonchev–Trinajstić information content (AvgIpc) is 3.11. The van der Waals surface area contributed by atoms with Gasteiger partial charge < -0.3 is 15.4 Å². The van der Waals surface area contributed by atoms with E-state index >= 15 is 0 Å². The van der Waals surface area contributed by atoms with Gasteiger partial charge in [-0.1, -0.05) is 30.3 Å². The van der Waals surface area contributed by atoms with Gasteiger partial charge in [-0.2, -0.15) is 13.2 Å². The molecule has 10 heteroatoms. The van der Waals surface area contributed by atoms with Gasteiger partial charge in [0, 0.05) is 29.8 Å². The number of hydrogen-bond acceptors (Lipinski definition) is 3. The van der Waals surface area contributed by atoms with Gasteiger partial charge in [-0.05, 0) is 55.3 Å². The standard InChI is InChI=1S/C24H27F4N5O/c25-15-34-21-10-8-17(19-9-11-22(24(26,27)28)32-33-31-19)13-18(21)14-30-20-7-4-12-29-23(20)16-5-2-1-3-6-16/h1-3,5-6,8-11,13,20,23,29-33H,4,7,12,14-15H2. The second-order valence-electron chi connectivity index (χ2n) is 8.08. The highest BCUT2D eigenvalue weighted by atomic mass is 19.4. The average molecular weight is 478 g/mol. The van der Waals surface area contributed by atoms with E-state index in [-0.39, 0.29) is 12.1 Å². The Bertz CT molecular complexity index is 1100. The number of H-pyrrole nitrogens is 3. The van der Waals surface area contributed by atoms with Crippen LogP contribution < -0.4 is 15.4 Å². The van der Waals surface area contributed by atoms with Crippen molar-refractivity contribution in [3.8, 4) is 17.0 Å². The fourth-order valence-corrected chi connectivity index (χ4v) is 4.19. The molecule has 0 spiro atoms. The van der Waals surface area contributed by atoms with Crippen molar-refractivity contribution < 1.29 is 22.3 Å². The summed E-state index contributed by atoms with van der Waals surface area (Å²) in [5.41, 5.74) is 2.01. The third-order valence-electron chi connectivity index (χ3n) is 5.87. The molecule has 1 saturated heterocycles. The van der Waals surface area contributed by atoms with Crippen LogP contribution in [0.15, 0.2) is 60.7 Å². The van der Waals surface area contributed by atoms with Crippen LogP contribution in [0.25, 0.3) is 11.3 Å². The zero-order valence-corrected chi connectivity index (χ0v) is 18.4. The Morgan fingerprint density at radius 2 is 1.82 bits per heavy atom. The molecule has 2 aromatic carbocycles. The first-order valence-corrected chi connectivity index (χ1v) is 11.1. The van der Waals surface area contributed by atoms with Gasteiger partial charge in [-0.15, -0.1) is 0 Å². The van der Waals surface area contributed by atoms with E-state index in [1.165, 1.54) is 11.6 Å². The third-order valence-corrected chi connectivity index (χ3v) is 5.87. The molecule has 2 unspecified atom stereocenters. The van der Waals surface area contributed by atoms with Gasteiger partial charge >= 0.3 is 6.18 Å². The van der Waals surface area contributed by atoms with E-state index in [2.05, 4.69) is 38.2 Å². The maximum atomic E-state index is 13.0. The number of piperidine rings is 1. The first-order valence-electron chi connectivity index (χ1n) is 11.1. The summed E-state index contributed by atoms with van der Waals surface area (Å²) in [6, 6.07) is 17.8. The predicted molar refractivity (Wildman–Crippen MR) is 121 cm³/mol. The molecule has 6 nitrogen and oxygen atoms in total. The Morgan fingerprint density at radius 3 is 2.59 bits per heavy atom. The molecule has 1 aliphatic rings. The molecule has 1 fully saturated rings. The van der Waals surface area contributed by atoms with Crippen LogP contribution in [0.1, 0.15) is 35.7 Å². The highest BCUT2D eigenvalue weighted by Crippen LogP contribution is 2.30. The lowest BCUT2D eigenvalue weighted by atomic mass is 9.92. The quantitative estimate of drug-likeness (QED) is 0.297. The molecule has 1 aliphatic heterocycles. The molecular weight excluding hydrogens is 450 g/mol. The molecular formula is C24H27F4N5O. The molecule has 0 amide bonds. The van der Waals surface area contributed by atoms with Crippen LogP contribution in [0.5, 0.6) is 5.75 Å². The van der Waals surface area contributed by atoms with Gasteiger partial charge in [0.1, 0.15) is 11.4 Å². The number of rotatable bonds is 7. The van der Waals surface area contributed by atoms with Gasteiger partial charge in [0.25, 0.3) is 0 Å². The van der Waals surface area contributed by atoms with Crippen molar-refractivity contribution >= 4 is 0 Å². The number of aromatic nitrogens is 3. The van der Waals surface area contributed by atoms with Crippen LogP contribution in [0, 0.1) is 0 Å². The first kappa shape index (κ1) is 23.9. The Kier molecular flexibility index (Phi) is 7.59. The molecule has 0 saturated carbocycles. The number of halogens is 4. The minimum atomic E-state index is -4.52. The van der Waals surface area contributed by atoms with E-state index in [1.54, 1.807) is 18.2 Å². The van der Waals surface area contributed by atoms with Crippen molar-refractivity contribution in [2.45, 2.75) is 37.6 Å². The van der Waals surface area contributed by atoms with E-state index in [1.807, 2.05) is 18.2 Å². The molecule has 1 aromatic heterocycles. The number of hydrogen-bond donors (Lipinski definition) is 5. The summed E-state index contributed by atoms with van der Waals surface area (Å²) >= 11 is 0. The largest absolute Gasteiger partial charge is 0.463 e. The highest BCUT2D eigenvalue weighted by molar-refractivity contribution is 5.61. The van der Waals surface area contributed by atoms with Gasteiger partial charge in [-0.3, -0.25) is 10.2 Å². The number of nitrogens with one attached hydrogen (secondary N) is 5. The Morgan fingerprint density at radius 1 is 1.00 bits per heavy atom. The number of ether oxygens (including phenoxy) is 1. The van der Waals surface area contributed by atoms with E-state index in [9.17, 15) is 17.6 Å². The van der Waals surface area contributed by atoms with Crippen LogP contribution in [0.3, 0.4) is 0 Å². The number of aromatic amines is 3. The topological polar surface area (TPSA) is 80.7 Å². The zero-order valence-electron chi connectivity index (χ0n) is 18.4. The van der Waals surface area contributed by atoms with E-state index in [0.29, 0.717) is 29.1 Å². The van der Waals surface area contributed by atoms with Crippen LogP contribution in [0.4, 0.5) is 17.6 Å². The molecule has 0 radical (unpaired) electrons. The van der Waals surface area contributed by atoms with Crippen molar-refractivity contribution in [2.24, 2.45) is 0 Å². The minimum absolute atomic E-state index is 0.135. The second-order valence-corrected chi connectivity index (χ2v) is 8.08. The van der Waals surface area contributed by atoms with Crippen molar-refractivity contribution in [1.82, 2.24) is 26.0 Å². The summed E-state index contributed by atoms with van der Waals surface area (Å²) in [6.07, 6.45) is -2.52. The fraction of sp³-hybridized carbons (Fsp3) is 0.333. The molecule has 182 valence electrons. The SMILES string of the molecule is FCOc1ccc(-c2ccc(C(F)(F)F)[nH][nH][nH]2)cc1CNC1CCCNC1c1ccccc1. The van der Waals surface area contributed by atoms with Gasteiger partial charge in [0.05, 0.1) is 5.69 Å². The summed E-state index contributed by atoms with van der Waals surface area (Å²) in [4.78, 5) is 0. The zero-order chi connectivity index (χ0) is 24.0. The van der Waals surface area contributed by atoms with Crippen molar-refractivity contribution in [1.29, 1.82) is 0 Å². The molecule has 34 heavy (non-hydrogen) atoms. The lowest BCUT2D eigenvalue weighted by molar-refractivity contribution is -0.141. The Balaban J connectivity index is 1.57. The predicted octanol–water partition coefficient (Wildman–Crippen LogP) is 5.37. The summed E-state index contributed by atoms with van der Waals surface area (Å²) in [5, 5.41) is 14.3. The number of benzene rings is 2. The van der Waals surface area contributed by atoms with Crippen molar-refractivity contribution in [3.05, 3.63) is 77.5 Å². The molecule has 0 aliphatic carbocycles. The van der Waals surface area contributed by atoms with Crippen LogP contribution in [-0.4, -0.2) is 34.9 Å². The normalized spacial score (nSPS) is 18.5. The molecule has 5 N–H and O–H groups in total. The van der Waals surface area contributed by atoms with Crippen molar-refractivity contribution in [3.63, 3.8) is 0 Å². The van der Waals surface area contributed by atoms with Crippen molar-refractivity contribution in [2.75, 3.05) is 13.4 Å². The molecule has 2 atom stereocenters. The smallest absolute Gasteiger partial charge is 0.432 e. The van der Waals surface area contributed by atoms with Crippen LogP contribution >= 0.6 is 0 Å². The fourth-order valence-electron chi connectivity index (χ4n) is 4.19. The highest BCUT2D eigenvalue weighted by Gasteiger charge is 2.31. The van der Waals surface area contributed by atoms with Crippen LogP contribution in [-0.2, 0) is 12.7 Å². The maximum absolute atomic E-state index is 13.0. The van der Waals surface area contributed by atoms with Gasteiger partial charge in [0.15, 0.2) is 0 Å². The lowest BCUT2D eigenvalue weighted by Gasteiger charge is -2.34. The Hall–Kier alpha value is -3.24. The van der Waals surface area contributed by atoms with Gasteiger partial charge in [-0.25, -0.2) is 9.60 Å². The maximum Gasteiger partial charge on any atom is 0.432 e. The molecule has 3 aromatic rings. The second kappa shape index (κ2) is 10.8. The lowest BCUT2D eigenvalue weighted by Crippen LogP contribution is -2.45. The van der Waals surface area contributed by atoms with E-state index < -0.39 is 18.7 Å². The summed E-state index contributed by atoms with van der Waals surface area (Å²) in [5.74, 6) is 0.380. The molecule has 0 bridgehead atoms. The first-order chi connectivity index (χ1) is 16.5. The van der Waals surface area contributed by atoms with Crippen LogP contribution in [0.2, 0.25) is 0 Å². The summed E-state index contributed by atoms with van der Waals surface area (Å²) in [6.45, 7) is 0.354. The van der Waals surface area contributed by atoms with E-state index in [4.69, 9.17) is 4.74 Å². The Labute approximate surface area is 194 Å². The summed E-state index contributed by atoms with van der Waals surface area (Å²) in [7, 11) is 0. The van der Waals surface area contributed by atoms with Gasteiger partial charge in [0.2, 0.25) is 6.86 Å². The number of alkyl halides is 4. The molecule has 2 heterocycles. The molecule has 4 rings (SSSR count). The third kappa shape index (κ3) is 5.81. The van der Waals surface area contributed by atoms with E-state index in [0.717, 1.165) is 25.5 Å². The minimum Gasteiger partial charge on any atom is -0.463 e. The monoisotopic (exact) mass is 477 g/mol. The summed E-state index contributed by atoms with van der Waals surface area (Å²) < 4.78 is 57.1.